The van der Waals surface area contributed by atoms with Gasteiger partial charge in [-0.25, -0.2) is 9.97 Å². The summed E-state index contributed by atoms with van der Waals surface area (Å²) in [5.41, 5.74) is 16.7. The van der Waals surface area contributed by atoms with Crippen molar-refractivity contribution in [2.75, 3.05) is 11.1 Å². The minimum Gasteiger partial charge on any atom is -0.423 e. The number of nitrogen functional groups attached to an aromatic ring is 1. The topological polar surface area (TPSA) is 133 Å². The molecule has 30 heavy (non-hydrogen) atoms. The fourth-order valence-electron chi connectivity index (χ4n) is 3.32. The Morgan fingerprint density at radius 2 is 2.03 bits per heavy atom. The van der Waals surface area contributed by atoms with Gasteiger partial charge in [-0.1, -0.05) is 18.2 Å². The Kier molecular flexibility index (Phi) is 4.11. The van der Waals surface area contributed by atoms with E-state index in [9.17, 15) is 4.79 Å². The molecule has 0 saturated heterocycles. The Morgan fingerprint density at radius 1 is 1.17 bits per heavy atom. The number of rotatable bonds is 4. The zero-order chi connectivity index (χ0) is 20.8. The molecule has 0 spiro atoms. The largest absolute Gasteiger partial charge is 0.423 e. The highest BCUT2D eigenvalue weighted by Gasteiger charge is 2.19. The quantitative estimate of drug-likeness (QED) is 0.399. The van der Waals surface area contributed by atoms with Crippen LogP contribution in [0, 0.1) is 6.92 Å². The number of hydrogen-bond acceptors (Lipinski definition) is 8. The van der Waals surface area contributed by atoms with Gasteiger partial charge in [0, 0.05) is 11.3 Å². The van der Waals surface area contributed by atoms with Crippen molar-refractivity contribution < 1.29 is 9.21 Å². The van der Waals surface area contributed by atoms with Crippen LogP contribution in [0.4, 0.5) is 17.4 Å². The van der Waals surface area contributed by atoms with Gasteiger partial charge < -0.3 is 21.2 Å². The van der Waals surface area contributed by atoms with E-state index in [1.54, 1.807) is 0 Å². The Balaban J connectivity index is 1.55. The van der Waals surface area contributed by atoms with Crippen molar-refractivity contribution >= 4 is 55.9 Å². The molecular weight excluding hydrogens is 400 g/mol. The van der Waals surface area contributed by atoms with Gasteiger partial charge in [0.25, 0.3) is 11.9 Å². The van der Waals surface area contributed by atoms with Crippen molar-refractivity contribution in [3.8, 4) is 11.3 Å². The van der Waals surface area contributed by atoms with E-state index in [1.165, 1.54) is 6.33 Å². The van der Waals surface area contributed by atoms with Gasteiger partial charge >= 0.3 is 0 Å². The van der Waals surface area contributed by atoms with Crippen LogP contribution < -0.4 is 16.8 Å². The lowest BCUT2D eigenvalue weighted by Crippen LogP contribution is -2.10. The number of nitrogens with zero attached hydrogens (tertiary/aromatic N) is 3. The highest BCUT2D eigenvalue weighted by molar-refractivity contribution is 7.21. The van der Waals surface area contributed by atoms with Gasteiger partial charge in [0.15, 0.2) is 5.58 Å². The van der Waals surface area contributed by atoms with Crippen LogP contribution in [0.1, 0.15) is 15.2 Å². The number of carbonyl (C=O) groups excluding carboxylic acids is 1. The van der Waals surface area contributed by atoms with Gasteiger partial charge in [0.2, 0.25) is 0 Å². The minimum absolute atomic E-state index is 0.280. The van der Waals surface area contributed by atoms with E-state index >= 15 is 0 Å². The Labute approximate surface area is 174 Å². The molecule has 5 N–H and O–H groups in total. The number of amides is 1. The predicted octanol–water partition coefficient (Wildman–Crippen LogP) is 4.23. The number of aromatic nitrogens is 3. The van der Waals surface area contributed by atoms with Crippen LogP contribution >= 0.6 is 11.3 Å². The predicted molar refractivity (Wildman–Crippen MR) is 118 cm³/mol. The monoisotopic (exact) mass is 416 g/mol. The lowest BCUT2D eigenvalue weighted by Gasteiger charge is -2.07. The van der Waals surface area contributed by atoms with Gasteiger partial charge in [-0.15, -0.1) is 11.3 Å². The van der Waals surface area contributed by atoms with E-state index in [0.29, 0.717) is 33.2 Å². The first-order chi connectivity index (χ1) is 14.5. The van der Waals surface area contributed by atoms with Crippen LogP contribution in [0.2, 0.25) is 0 Å². The second-order valence-electron chi connectivity index (χ2n) is 6.81. The molecule has 0 atom stereocenters. The molecule has 0 fully saturated rings. The van der Waals surface area contributed by atoms with Crippen LogP contribution in [0.3, 0.4) is 0 Å². The number of thiophene rings is 1. The number of primary amides is 1. The summed E-state index contributed by atoms with van der Waals surface area (Å²) in [6, 6.07) is 13.8. The zero-order valence-corrected chi connectivity index (χ0v) is 16.7. The third-order valence-corrected chi connectivity index (χ3v) is 5.81. The summed E-state index contributed by atoms with van der Waals surface area (Å²) in [4.78, 5) is 25.7. The maximum atomic E-state index is 11.7. The lowest BCUT2D eigenvalue weighted by atomic mass is 10.1. The van der Waals surface area contributed by atoms with Gasteiger partial charge in [0.05, 0.1) is 16.8 Å². The Bertz CT molecular complexity index is 1440. The molecule has 2 aromatic carbocycles. The van der Waals surface area contributed by atoms with Gasteiger partial charge in [-0.05, 0) is 36.8 Å². The number of nitrogens with one attached hydrogen (secondary N) is 1. The summed E-state index contributed by atoms with van der Waals surface area (Å²) >= 11 is 1.16. The van der Waals surface area contributed by atoms with Gasteiger partial charge in [-0.3, -0.25) is 4.79 Å². The standard InChI is InChI=1S/C21H16N6O2S/c1-10-5-6-14-13(7-10)27-21(29-14)26-12-4-2-3-11(8-12)17-15-16(22)18(19(23)28)30-20(15)25-9-24-17/h2-9H,22H2,1H3,(H2,23,28)(H,26,27). The number of oxazole rings is 1. The summed E-state index contributed by atoms with van der Waals surface area (Å²) in [5, 5.41) is 3.80. The third-order valence-electron chi connectivity index (χ3n) is 4.68. The SMILES string of the molecule is Cc1ccc2oc(Nc3cccc(-c4ncnc5sc(C(N)=O)c(N)c45)c3)nc2c1. The van der Waals surface area contributed by atoms with Crippen LogP contribution in [0.15, 0.2) is 53.2 Å². The van der Waals surface area contributed by atoms with Crippen molar-refractivity contribution in [3.05, 3.63) is 59.2 Å². The molecule has 148 valence electrons. The molecule has 0 saturated carbocycles. The average molecular weight is 416 g/mol. The number of hydrogen-bond donors (Lipinski definition) is 3. The summed E-state index contributed by atoms with van der Waals surface area (Å²) in [6.07, 6.45) is 1.45. The van der Waals surface area contributed by atoms with Crippen LogP contribution in [-0.2, 0) is 0 Å². The third kappa shape index (κ3) is 3.01. The Hall–Kier alpha value is -3.98. The maximum absolute atomic E-state index is 11.7. The normalized spacial score (nSPS) is 11.2. The molecule has 0 unspecified atom stereocenters. The molecular formula is C21H16N6O2S. The van der Waals surface area contributed by atoms with Crippen molar-refractivity contribution in [2.24, 2.45) is 5.73 Å². The second kappa shape index (κ2) is 6.82. The number of fused-ring (bicyclic) bond motifs is 2. The van der Waals surface area contributed by atoms with Gasteiger partial charge in [-0.2, -0.15) is 4.98 Å². The van der Waals surface area contributed by atoms with Crippen molar-refractivity contribution in [3.63, 3.8) is 0 Å². The van der Waals surface area contributed by atoms with Crippen molar-refractivity contribution in [1.82, 2.24) is 15.0 Å². The molecule has 5 rings (SSSR count). The van der Waals surface area contributed by atoms with Crippen LogP contribution in [0.5, 0.6) is 0 Å². The minimum atomic E-state index is -0.580. The fraction of sp³-hybridized carbons (Fsp3) is 0.0476. The van der Waals surface area contributed by atoms with Crippen molar-refractivity contribution in [2.45, 2.75) is 6.92 Å². The molecule has 0 radical (unpaired) electrons. The fourth-order valence-corrected chi connectivity index (χ4v) is 4.23. The molecule has 3 heterocycles. The van der Waals surface area contributed by atoms with Crippen LogP contribution in [0.25, 0.3) is 32.6 Å². The second-order valence-corrected chi connectivity index (χ2v) is 7.81. The summed E-state index contributed by atoms with van der Waals surface area (Å²) in [7, 11) is 0. The number of aryl methyl sites for hydroxylation is 1. The molecule has 0 bridgehead atoms. The highest BCUT2D eigenvalue weighted by atomic mass is 32.1. The molecule has 9 heteroatoms. The van der Waals surface area contributed by atoms with E-state index in [1.807, 2.05) is 49.4 Å². The zero-order valence-electron chi connectivity index (χ0n) is 15.8. The molecule has 3 aromatic heterocycles. The first-order valence-corrected chi connectivity index (χ1v) is 9.88. The average Bonchev–Trinajstić information content (AvgIpc) is 3.28. The van der Waals surface area contributed by atoms with Crippen molar-refractivity contribution in [1.29, 1.82) is 0 Å². The molecule has 1 amide bonds. The summed E-state index contributed by atoms with van der Waals surface area (Å²) in [5.74, 6) is -0.580. The molecule has 5 aromatic rings. The molecule has 0 aliphatic rings. The molecule has 0 aliphatic carbocycles. The highest BCUT2D eigenvalue weighted by Crippen LogP contribution is 2.38. The van der Waals surface area contributed by atoms with E-state index in [4.69, 9.17) is 15.9 Å². The number of nitrogens with two attached hydrogens (primary N) is 2. The first kappa shape index (κ1) is 18.1. The van der Waals surface area contributed by atoms with Gasteiger partial charge in [0.1, 0.15) is 21.6 Å². The van der Waals surface area contributed by atoms with E-state index < -0.39 is 5.91 Å². The first-order valence-electron chi connectivity index (χ1n) is 9.07. The summed E-state index contributed by atoms with van der Waals surface area (Å²) in [6.45, 7) is 2.01. The molecule has 8 nitrogen and oxygen atoms in total. The van der Waals surface area contributed by atoms with E-state index in [-0.39, 0.29) is 4.88 Å². The van der Waals surface area contributed by atoms with E-state index in [2.05, 4.69) is 20.3 Å². The number of carbonyl (C=O) groups is 1. The smallest absolute Gasteiger partial charge is 0.300 e. The number of anilines is 3. The molecule has 0 aliphatic heterocycles. The maximum Gasteiger partial charge on any atom is 0.300 e. The lowest BCUT2D eigenvalue weighted by molar-refractivity contribution is 0.100. The van der Waals surface area contributed by atoms with E-state index in [0.717, 1.165) is 33.7 Å². The number of benzene rings is 2. The van der Waals surface area contributed by atoms with Crippen LogP contribution in [-0.4, -0.2) is 20.9 Å². The Morgan fingerprint density at radius 3 is 2.87 bits per heavy atom. The summed E-state index contributed by atoms with van der Waals surface area (Å²) < 4.78 is 5.77.